The first-order valence-electron chi connectivity index (χ1n) is 9.57. The highest BCUT2D eigenvalue weighted by molar-refractivity contribution is 6.05. The molecule has 3 atom stereocenters. The Kier molecular flexibility index (Phi) is 4.79. The third-order valence-electron chi connectivity index (χ3n) is 5.47. The van der Waals surface area contributed by atoms with E-state index in [4.69, 9.17) is 4.74 Å². The predicted octanol–water partition coefficient (Wildman–Crippen LogP) is 3.97. The van der Waals surface area contributed by atoms with E-state index < -0.39 is 5.60 Å². The second kappa shape index (κ2) is 7.22. The van der Waals surface area contributed by atoms with Gasteiger partial charge in [0, 0.05) is 30.3 Å². The molecule has 4 nitrogen and oxygen atoms in total. The van der Waals surface area contributed by atoms with E-state index in [-0.39, 0.29) is 18.1 Å². The molecule has 0 bridgehead atoms. The molecule has 1 spiro atoms. The Morgan fingerprint density at radius 2 is 1.92 bits per heavy atom. The summed E-state index contributed by atoms with van der Waals surface area (Å²) in [6.45, 7) is 2.98. The predicted molar refractivity (Wildman–Crippen MR) is 103 cm³/mol. The average molecular weight is 350 g/mol. The molecule has 1 fully saturated rings. The van der Waals surface area contributed by atoms with Crippen molar-refractivity contribution in [3.8, 4) is 0 Å². The smallest absolute Gasteiger partial charge is 0.261 e. The number of hydrogen-bond donors (Lipinski definition) is 2. The lowest BCUT2D eigenvalue weighted by Crippen LogP contribution is -2.52. The second-order valence-corrected chi connectivity index (χ2v) is 7.36. The SMILES string of the molecule is CCC[C@@H]1C[C@H](NCc2ccccc2)C[C@]2(O1)C(=O)Nc1ccccc12. The van der Waals surface area contributed by atoms with Crippen molar-refractivity contribution in [2.45, 2.75) is 56.9 Å². The fraction of sp³-hybridized carbons (Fsp3) is 0.409. The van der Waals surface area contributed by atoms with Crippen molar-refractivity contribution < 1.29 is 9.53 Å². The number of rotatable bonds is 5. The van der Waals surface area contributed by atoms with Gasteiger partial charge in [0.2, 0.25) is 0 Å². The quantitative estimate of drug-likeness (QED) is 0.858. The number of benzene rings is 2. The molecule has 4 heteroatoms. The Morgan fingerprint density at radius 1 is 1.15 bits per heavy atom. The molecule has 2 N–H and O–H groups in total. The van der Waals surface area contributed by atoms with Crippen molar-refractivity contribution in [2.75, 3.05) is 5.32 Å². The fourth-order valence-corrected chi connectivity index (χ4v) is 4.25. The third kappa shape index (κ3) is 3.15. The van der Waals surface area contributed by atoms with Gasteiger partial charge in [-0.3, -0.25) is 4.79 Å². The topological polar surface area (TPSA) is 50.4 Å². The Labute approximate surface area is 155 Å². The Bertz CT molecular complexity index is 777. The Hall–Kier alpha value is -2.17. The molecule has 4 rings (SSSR count). The first-order chi connectivity index (χ1) is 12.7. The van der Waals surface area contributed by atoms with Crippen LogP contribution in [-0.4, -0.2) is 18.1 Å². The number of ether oxygens (including phenoxy) is 1. The van der Waals surface area contributed by atoms with Crippen LogP contribution in [0.4, 0.5) is 5.69 Å². The molecule has 0 saturated carbocycles. The van der Waals surface area contributed by atoms with Gasteiger partial charge in [0.1, 0.15) is 0 Å². The van der Waals surface area contributed by atoms with Gasteiger partial charge in [-0.05, 0) is 24.5 Å². The number of hydrogen-bond acceptors (Lipinski definition) is 3. The van der Waals surface area contributed by atoms with E-state index in [9.17, 15) is 4.79 Å². The molecule has 0 radical (unpaired) electrons. The molecule has 2 aromatic rings. The largest absolute Gasteiger partial charge is 0.357 e. The van der Waals surface area contributed by atoms with Crippen molar-refractivity contribution in [3.05, 3.63) is 65.7 Å². The molecule has 2 aromatic carbocycles. The van der Waals surface area contributed by atoms with Crippen LogP contribution in [0.25, 0.3) is 0 Å². The summed E-state index contributed by atoms with van der Waals surface area (Å²) < 4.78 is 6.44. The molecular formula is C22H26N2O2. The zero-order valence-corrected chi connectivity index (χ0v) is 15.2. The van der Waals surface area contributed by atoms with Crippen LogP contribution >= 0.6 is 0 Å². The van der Waals surface area contributed by atoms with Gasteiger partial charge in [-0.15, -0.1) is 0 Å². The van der Waals surface area contributed by atoms with Gasteiger partial charge in [0.05, 0.1) is 6.10 Å². The molecule has 1 saturated heterocycles. The maximum atomic E-state index is 12.9. The van der Waals surface area contributed by atoms with Crippen LogP contribution in [0.5, 0.6) is 0 Å². The lowest BCUT2D eigenvalue weighted by atomic mass is 9.82. The number of nitrogens with one attached hydrogen (secondary N) is 2. The average Bonchev–Trinajstić information content (AvgIpc) is 2.92. The van der Waals surface area contributed by atoms with Crippen LogP contribution < -0.4 is 10.6 Å². The zero-order valence-electron chi connectivity index (χ0n) is 15.2. The summed E-state index contributed by atoms with van der Waals surface area (Å²) in [5.41, 5.74) is 2.27. The van der Waals surface area contributed by atoms with Crippen molar-refractivity contribution in [3.63, 3.8) is 0 Å². The van der Waals surface area contributed by atoms with Crippen LogP contribution in [0.1, 0.15) is 43.7 Å². The Balaban J connectivity index is 1.58. The molecule has 1 amide bonds. The van der Waals surface area contributed by atoms with Crippen molar-refractivity contribution in [1.82, 2.24) is 5.32 Å². The van der Waals surface area contributed by atoms with E-state index >= 15 is 0 Å². The minimum absolute atomic E-state index is 0.0222. The molecule has 0 aromatic heterocycles. The van der Waals surface area contributed by atoms with Crippen molar-refractivity contribution >= 4 is 11.6 Å². The van der Waals surface area contributed by atoms with E-state index in [1.54, 1.807) is 0 Å². The summed E-state index contributed by atoms with van der Waals surface area (Å²) in [5.74, 6) is -0.0222. The summed E-state index contributed by atoms with van der Waals surface area (Å²) in [4.78, 5) is 12.9. The summed E-state index contributed by atoms with van der Waals surface area (Å²) >= 11 is 0. The van der Waals surface area contributed by atoms with Gasteiger partial charge < -0.3 is 15.4 Å². The van der Waals surface area contributed by atoms with Crippen LogP contribution in [0, 0.1) is 0 Å². The highest BCUT2D eigenvalue weighted by Gasteiger charge is 2.53. The summed E-state index contributed by atoms with van der Waals surface area (Å²) in [6.07, 6.45) is 3.73. The highest BCUT2D eigenvalue weighted by Crippen LogP contribution is 2.46. The summed E-state index contributed by atoms with van der Waals surface area (Å²) in [6, 6.07) is 18.6. The molecule has 0 aliphatic carbocycles. The standard InChI is InChI=1S/C22H26N2O2/c1-2-8-18-13-17(23-15-16-9-4-3-5-10-16)14-22(26-18)19-11-6-7-12-20(19)24-21(22)25/h3-7,9-12,17-18,23H,2,8,13-15H2,1H3,(H,24,25)/t17-,18+,22+/m0/s1. The summed E-state index contributed by atoms with van der Waals surface area (Å²) in [7, 11) is 0. The van der Waals surface area contributed by atoms with E-state index in [1.165, 1.54) is 5.56 Å². The minimum Gasteiger partial charge on any atom is -0.357 e. The number of carbonyl (C=O) groups excluding carboxylic acids is 1. The van der Waals surface area contributed by atoms with Crippen LogP contribution in [0.15, 0.2) is 54.6 Å². The van der Waals surface area contributed by atoms with Crippen LogP contribution in [0.2, 0.25) is 0 Å². The van der Waals surface area contributed by atoms with E-state index in [0.717, 1.165) is 37.1 Å². The normalized spacial score (nSPS) is 27.3. The van der Waals surface area contributed by atoms with Gasteiger partial charge in [-0.2, -0.15) is 0 Å². The lowest BCUT2D eigenvalue weighted by Gasteiger charge is -2.41. The molecule has 2 aliphatic heterocycles. The number of fused-ring (bicyclic) bond motifs is 2. The molecule has 136 valence electrons. The van der Waals surface area contributed by atoms with Gasteiger partial charge in [-0.25, -0.2) is 0 Å². The summed E-state index contributed by atoms with van der Waals surface area (Å²) in [5, 5.41) is 6.69. The van der Waals surface area contributed by atoms with E-state index in [1.807, 2.05) is 30.3 Å². The molecule has 0 unspecified atom stereocenters. The number of amides is 1. The van der Waals surface area contributed by atoms with Gasteiger partial charge in [-0.1, -0.05) is 61.9 Å². The van der Waals surface area contributed by atoms with Crippen molar-refractivity contribution in [2.24, 2.45) is 0 Å². The Morgan fingerprint density at radius 3 is 2.73 bits per heavy atom. The number of carbonyl (C=O) groups is 1. The number of anilines is 1. The highest BCUT2D eigenvalue weighted by atomic mass is 16.5. The van der Waals surface area contributed by atoms with Gasteiger partial charge >= 0.3 is 0 Å². The fourth-order valence-electron chi connectivity index (χ4n) is 4.25. The monoisotopic (exact) mass is 350 g/mol. The first-order valence-corrected chi connectivity index (χ1v) is 9.57. The van der Waals surface area contributed by atoms with E-state index in [0.29, 0.717) is 6.42 Å². The third-order valence-corrected chi connectivity index (χ3v) is 5.47. The first kappa shape index (κ1) is 17.3. The van der Waals surface area contributed by atoms with Crippen LogP contribution in [-0.2, 0) is 21.7 Å². The maximum Gasteiger partial charge on any atom is 0.261 e. The molecule has 2 heterocycles. The second-order valence-electron chi connectivity index (χ2n) is 7.36. The number of para-hydroxylation sites is 1. The van der Waals surface area contributed by atoms with Crippen LogP contribution in [0.3, 0.4) is 0 Å². The zero-order chi connectivity index (χ0) is 18.0. The molecule has 26 heavy (non-hydrogen) atoms. The van der Waals surface area contributed by atoms with Gasteiger partial charge in [0.15, 0.2) is 5.60 Å². The van der Waals surface area contributed by atoms with E-state index in [2.05, 4.69) is 41.8 Å². The van der Waals surface area contributed by atoms with Crippen molar-refractivity contribution in [1.29, 1.82) is 0 Å². The van der Waals surface area contributed by atoms with Gasteiger partial charge in [0.25, 0.3) is 5.91 Å². The maximum absolute atomic E-state index is 12.9. The molecular weight excluding hydrogens is 324 g/mol. The minimum atomic E-state index is -0.858. The lowest BCUT2D eigenvalue weighted by molar-refractivity contribution is -0.167. The molecule has 2 aliphatic rings.